The van der Waals surface area contributed by atoms with E-state index in [0.717, 1.165) is 28.1 Å². The van der Waals surface area contributed by atoms with Crippen LogP contribution >= 0.6 is 0 Å². The van der Waals surface area contributed by atoms with Crippen LogP contribution in [0.5, 0.6) is 0 Å². The molecular weight excluding hydrogens is 428 g/mol. The molecule has 2 N–H and O–H groups in total. The minimum Gasteiger partial charge on any atom is -0.468 e. The number of ether oxygens (including phenoxy) is 2. The lowest BCUT2D eigenvalue weighted by Gasteiger charge is -2.33. The molecule has 6 heteroatoms. The molecule has 3 aromatic rings. The number of rotatable bonds is 10. The average molecular weight is 461 g/mol. The quantitative estimate of drug-likeness (QED) is 0.316. The van der Waals surface area contributed by atoms with Crippen molar-refractivity contribution in [2.75, 3.05) is 31.4 Å². The molecule has 0 saturated heterocycles. The number of hydrogen-bond donors (Lipinski definition) is 2. The van der Waals surface area contributed by atoms with E-state index in [1.165, 1.54) is 14.2 Å². The zero-order valence-electron chi connectivity index (χ0n) is 20.1. The molecule has 6 nitrogen and oxygen atoms in total. The Kier molecular flexibility index (Phi) is 8.30. The van der Waals surface area contributed by atoms with Gasteiger partial charge in [-0.15, -0.1) is 0 Å². The third-order valence-electron chi connectivity index (χ3n) is 5.95. The highest BCUT2D eigenvalue weighted by atomic mass is 16.5. The number of anilines is 2. The minimum absolute atomic E-state index is 0.0221. The Hall–Kier alpha value is -3.80. The smallest absolute Gasteiger partial charge is 0.325 e. The normalized spacial score (nSPS) is 11.9. The molecule has 0 bridgehead atoms. The fourth-order valence-electron chi connectivity index (χ4n) is 3.92. The van der Waals surface area contributed by atoms with Crippen molar-refractivity contribution in [3.8, 4) is 0 Å². The van der Waals surface area contributed by atoms with Gasteiger partial charge in [0.1, 0.15) is 0 Å². The minimum atomic E-state index is -1.58. The lowest BCUT2D eigenvalue weighted by atomic mass is 9.79. The van der Waals surface area contributed by atoms with Crippen LogP contribution in [0.3, 0.4) is 0 Å². The molecule has 0 aromatic heterocycles. The first-order chi connectivity index (χ1) is 16.4. The molecule has 0 aliphatic rings. The maximum absolute atomic E-state index is 13.2. The molecule has 34 heavy (non-hydrogen) atoms. The molecule has 1 atom stereocenters. The van der Waals surface area contributed by atoms with E-state index in [1.54, 1.807) is 0 Å². The van der Waals surface area contributed by atoms with Crippen molar-refractivity contribution in [2.24, 2.45) is 5.41 Å². The topological polar surface area (TPSA) is 76.7 Å². The molecule has 0 saturated carbocycles. The number of esters is 2. The van der Waals surface area contributed by atoms with Crippen molar-refractivity contribution >= 4 is 23.3 Å². The van der Waals surface area contributed by atoms with Crippen LogP contribution < -0.4 is 10.6 Å². The number of hydrogen-bond acceptors (Lipinski definition) is 6. The van der Waals surface area contributed by atoms with Crippen molar-refractivity contribution in [3.63, 3.8) is 0 Å². The van der Waals surface area contributed by atoms with Crippen molar-refractivity contribution in [1.82, 2.24) is 0 Å². The highest BCUT2D eigenvalue weighted by molar-refractivity contribution is 6.01. The van der Waals surface area contributed by atoms with E-state index in [9.17, 15) is 9.59 Å². The average Bonchev–Trinajstić information content (AvgIpc) is 2.87. The molecule has 3 aromatic carbocycles. The van der Waals surface area contributed by atoms with Crippen molar-refractivity contribution in [2.45, 2.75) is 26.3 Å². The van der Waals surface area contributed by atoms with Gasteiger partial charge in [-0.2, -0.15) is 0 Å². The first-order valence-corrected chi connectivity index (χ1v) is 11.2. The predicted molar refractivity (Wildman–Crippen MR) is 135 cm³/mol. The van der Waals surface area contributed by atoms with E-state index in [-0.39, 0.29) is 19.0 Å². The zero-order valence-corrected chi connectivity index (χ0v) is 20.1. The van der Waals surface area contributed by atoms with Gasteiger partial charge in [0.25, 0.3) is 0 Å². The predicted octanol–water partition coefficient (Wildman–Crippen LogP) is 5.29. The van der Waals surface area contributed by atoms with Gasteiger partial charge in [-0.1, -0.05) is 65.7 Å². The van der Waals surface area contributed by atoms with E-state index in [0.29, 0.717) is 0 Å². The lowest BCUT2D eigenvalue weighted by molar-refractivity contribution is -0.168. The second kappa shape index (κ2) is 11.4. The van der Waals surface area contributed by atoms with Gasteiger partial charge in [0.15, 0.2) is 5.41 Å². The maximum atomic E-state index is 13.2. The molecule has 0 aliphatic heterocycles. The largest absolute Gasteiger partial charge is 0.468 e. The van der Waals surface area contributed by atoms with Gasteiger partial charge in [-0.3, -0.25) is 9.59 Å². The van der Waals surface area contributed by atoms with Gasteiger partial charge in [0, 0.05) is 24.3 Å². The maximum Gasteiger partial charge on any atom is 0.325 e. The second-order valence-electron chi connectivity index (χ2n) is 8.46. The summed E-state index contributed by atoms with van der Waals surface area (Å²) in [6.45, 7) is 4.04. The molecule has 0 fully saturated rings. The van der Waals surface area contributed by atoms with Crippen LogP contribution in [-0.4, -0.2) is 32.7 Å². The fourth-order valence-corrected chi connectivity index (χ4v) is 3.92. The molecule has 178 valence electrons. The van der Waals surface area contributed by atoms with Gasteiger partial charge in [0.2, 0.25) is 0 Å². The summed E-state index contributed by atoms with van der Waals surface area (Å²) in [6.07, 6.45) is 0.128. The number of carbonyl (C=O) groups is 2. The molecule has 0 amide bonds. The summed E-state index contributed by atoms with van der Waals surface area (Å²) < 4.78 is 10.3. The monoisotopic (exact) mass is 460 g/mol. The van der Waals surface area contributed by atoms with E-state index in [1.807, 2.05) is 92.7 Å². The molecule has 1 unspecified atom stereocenters. The van der Waals surface area contributed by atoms with Crippen LogP contribution in [0.1, 0.15) is 29.2 Å². The third kappa shape index (κ3) is 5.95. The van der Waals surface area contributed by atoms with Crippen molar-refractivity contribution in [3.05, 3.63) is 95.6 Å². The molecule has 0 spiro atoms. The SMILES string of the molecule is COC(=O)C(CNc1ccc(C)cc1)(CC(Nc1ccc(C)cc1)c1ccccc1)C(=O)OC. The third-order valence-corrected chi connectivity index (χ3v) is 5.95. The van der Waals surface area contributed by atoms with E-state index in [4.69, 9.17) is 9.47 Å². The Balaban J connectivity index is 1.99. The second-order valence-corrected chi connectivity index (χ2v) is 8.46. The number of carbonyl (C=O) groups excluding carboxylic acids is 2. The van der Waals surface area contributed by atoms with Gasteiger partial charge in [0.05, 0.1) is 20.3 Å². The Morgan fingerprint density at radius 1 is 0.765 bits per heavy atom. The Labute approximate surface area is 201 Å². The van der Waals surface area contributed by atoms with Crippen LogP contribution in [-0.2, 0) is 19.1 Å². The van der Waals surface area contributed by atoms with Gasteiger partial charge in [-0.05, 0) is 43.7 Å². The summed E-state index contributed by atoms with van der Waals surface area (Å²) >= 11 is 0. The van der Waals surface area contributed by atoms with Crippen LogP contribution in [0.25, 0.3) is 0 Å². The summed E-state index contributed by atoms with van der Waals surface area (Å²) in [5.41, 5.74) is 3.30. The Bertz CT molecular complexity index is 1060. The van der Waals surface area contributed by atoms with Crippen molar-refractivity contribution in [1.29, 1.82) is 0 Å². The van der Waals surface area contributed by atoms with Crippen LogP contribution in [0.15, 0.2) is 78.9 Å². The van der Waals surface area contributed by atoms with Crippen LogP contribution in [0.2, 0.25) is 0 Å². The molecule has 3 rings (SSSR count). The number of benzene rings is 3. The summed E-state index contributed by atoms with van der Waals surface area (Å²) in [4.78, 5) is 26.4. The highest BCUT2D eigenvalue weighted by Crippen LogP contribution is 2.36. The van der Waals surface area contributed by atoms with Gasteiger partial charge in [-0.25, -0.2) is 0 Å². The van der Waals surface area contributed by atoms with E-state index in [2.05, 4.69) is 10.6 Å². The van der Waals surface area contributed by atoms with Crippen molar-refractivity contribution < 1.29 is 19.1 Å². The number of aryl methyl sites for hydroxylation is 2. The first-order valence-electron chi connectivity index (χ1n) is 11.2. The molecule has 0 radical (unpaired) electrons. The fraction of sp³-hybridized carbons (Fsp3) is 0.286. The van der Waals surface area contributed by atoms with Gasteiger partial charge >= 0.3 is 11.9 Å². The summed E-state index contributed by atoms with van der Waals surface area (Å²) in [7, 11) is 2.58. The van der Waals surface area contributed by atoms with Crippen LogP contribution in [0, 0.1) is 19.3 Å². The summed E-state index contributed by atoms with van der Waals surface area (Å²) in [5.74, 6) is -1.30. The van der Waals surface area contributed by atoms with Gasteiger partial charge < -0.3 is 20.1 Å². The summed E-state index contributed by atoms with van der Waals surface area (Å²) in [5, 5.41) is 6.74. The standard InChI is InChI=1S/C28H32N2O4/c1-20-10-14-23(15-11-20)29-19-28(26(31)33-3,27(32)34-4)18-25(22-8-6-5-7-9-22)30-24-16-12-21(2)13-17-24/h5-17,25,29-30H,18-19H2,1-4H3. The highest BCUT2D eigenvalue weighted by Gasteiger charge is 2.50. The summed E-state index contributed by atoms with van der Waals surface area (Å²) in [6, 6.07) is 25.1. The van der Waals surface area contributed by atoms with E-state index >= 15 is 0 Å². The number of methoxy groups -OCH3 is 2. The van der Waals surface area contributed by atoms with Crippen LogP contribution in [0.4, 0.5) is 11.4 Å². The first kappa shape index (κ1) is 24.8. The Morgan fingerprint density at radius 3 is 1.76 bits per heavy atom. The Morgan fingerprint density at radius 2 is 1.26 bits per heavy atom. The van der Waals surface area contributed by atoms with E-state index < -0.39 is 17.4 Å². The molecule has 0 aliphatic carbocycles. The number of nitrogens with one attached hydrogen (secondary N) is 2. The molecular formula is C28H32N2O4. The molecule has 0 heterocycles. The zero-order chi connectivity index (χ0) is 24.6. The lowest BCUT2D eigenvalue weighted by Crippen LogP contribution is -2.48.